The Hall–Kier alpha value is -3.26. The van der Waals surface area contributed by atoms with Gasteiger partial charge in [0.05, 0.1) is 18.6 Å². The molecule has 3 heterocycles. The summed E-state index contributed by atoms with van der Waals surface area (Å²) in [5, 5.41) is 11.2. The molecule has 0 unspecified atom stereocenters. The fraction of sp³-hybridized carbons (Fsp3) is 0.576. The number of benzene rings is 1. The van der Waals surface area contributed by atoms with Crippen molar-refractivity contribution in [2.45, 2.75) is 82.9 Å². The van der Waals surface area contributed by atoms with Crippen LogP contribution < -0.4 is 9.47 Å². The minimum atomic E-state index is -0.393. The van der Waals surface area contributed by atoms with Gasteiger partial charge in [-0.1, -0.05) is 13.8 Å². The third-order valence-electron chi connectivity index (χ3n) is 10.1. The van der Waals surface area contributed by atoms with Crippen LogP contribution in [0.3, 0.4) is 0 Å². The van der Waals surface area contributed by atoms with Gasteiger partial charge < -0.3 is 23.9 Å². The summed E-state index contributed by atoms with van der Waals surface area (Å²) in [6.45, 7) is 8.38. The maximum atomic E-state index is 13.8. The second-order valence-electron chi connectivity index (χ2n) is 13.2. The molecule has 8 nitrogen and oxygen atoms in total. The van der Waals surface area contributed by atoms with Crippen LogP contribution in [0.5, 0.6) is 17.2 Å². The predicted octanol–water partition coefficient (Wildman–Crippen LogP) is 4.93. The molecule has 1 N–H and O–H groups in total. The van der Waals surface area contributed by atoms with Gasteiger partial charge in [-0.3, -0.25) is 14.5 Å². The van der Waals surface area contributed by atoms with Crippen LogP contribution in [0.25, 0.3) is 6.08 Å². The van der Waals surface area contributed by atoms with Crippen molar-refractivity contribution >= 4 is 18.0 Å². The summed E-state index contributed by atoms with van der Waals surface area (Å²) < 4.78 is 17.7. The molecular weight excluding hydrogens is 520 g/mol. The molecule has 5 atom stereocenters. The molecule has 2 aliphatic heterocycles. The number of likely N-dealkylation sites (tertiary alicyclic amines) is 1. The molecule has 2 saturated carbocycles. The monoisotopic (exact) mass is 560 g/mol. The average molecular weight is 561 g/mol. The summed E-state index contributed by atoms with van der Waals surface area (Å²) in [6.07, 6.45) is 12.5. The third-order valence-corrected chi connectivity index (χ3v) is 10.1. The van der Waals surface area contributed by atoms with E-state index >= 15 is 0 Å². The fourth-order valence-electron chi connectivity index (χ4n) is 8.49. The van der Waals surface area contributed by atoms with Crippen molar-refractivity contribution in [2.75, 3.05) is 19.6 Å². The van der Waals surface area contributed by atoms with Crippen molar-refractivity contribution in [3.63, 3.8) is 0 Å². The van der Waals surface area contributed by atoms with Gasteiger partial charge in [-0.15, -0.1) is 0 Å². The zero-order chi connectivity index (χ0) is 28.5. The number of carbonyl (C=O) groups is 2. The number of esters is 1. The van der Waals surface area contributed by atoms with Gasteiger partial charge in [-0.25, -0.2) is 0 Å². The third kappa shape index (κ3) is 4.37. The Morgan fingerprint density at radius 3 is 2.80 bits per heavy atom. The van der Waals surface area contributed by atoms with Gasteiger partial charge >= 0.3 is 5.97 Å². The number of rotatable bonds is 8. The number of nitrogens with zero attached hydrogens (tertiary/aromatic N) is 2. The van der Waals surface area contributed by atoms with Crippen molar-refractivity contribution in [2.24, 2.45) is 17.8 Å². The van der Waals surface area contributed by atoms with Crippen LogP contribution in [-0.2, 0) is 21.4 Å². The normalized spacial score (nSPS) is 29.9. The molecule has 8 heteroatoms. The standard InChI is InChI=1S/C33H40N2O6/c1-19(2)16-35(29(38)9-6-22-10-13-39-18-22)25-8-7-24-26-14-23-28(40-20(3)36)15-27(37)31-30(23)33(24,32(25)41-31)11-12-34(26)17-21-4-5-21/h6,9-10,13,15,18-19,21,24-26,32,37H,4-5,7-8,11-12,14,16-17H2,1-3H3/b9-6+/t24-,25-,26+,32-,33-/m0/s1. The van der Waals surface area contributed by atoms with Gasteiger partial charge in [-0.05, 0) is 75.0 Å². The molecule has 1 amide bonds. The number of phenols is 1. The number of ether oxygens (including phenoxy) is 2. The zero-order valence-corrected chi connectivity index (χ0v) is 24.2. The molecule has 2 bridgehead atoms. The molecule has 3 aliphatic carbocycles. The molecule has 1 saturated heterocycles. The predicted molar refractivity (Wildman–Crippen MR) is 153 cm³/mol. The average Bonchev–Trinajstić information content (AvgIpc) is 3.45. The van der Waals surface area contributed by atoms with E-state index in [9.17, 15) is 14.7 Å². The highest BCUT2D eigenvalue weighted by molar-refractivity contribution is 5.92. The van der Waals surface area contributed by atoms with Crippen LogP contribution in [0.2, 0.25) is 0 Å². The van der Waals surface area contributed by atoms with Crippen molar-refractivity contribution < 1.29 is 28.6 Å². The molecule has 218 valence electrons. The van der Waals surface area contributed by atoms with E-state index in [1.54, 1.807) is 30.7 Å². The highest BCUT2D eigenvalue weighted by Crippen LogP contribution is 2.66. The van der Waals surface area contributed by atoms with E-state index in [1.165, 1.54) is 19.8 Å². The first kappa shape index (κ1) is 26.6. The van der Waals surface area contributed by atoms with Crippen LogP contribution in [0.15, 0.2) is 35.2 Å². The van der Waals surface area contributed by atoms with E-state index in [-0.39, 0.29) is 35.1 Å². The summed E-state index contributed by atoms with van der Waals surface area (Å²) in [4.78, 5) is 30.6. The number of carbonyl (C=O) groups excluding carboxylic acids is 2. The Balaban J connectivity index is 1.31. The van der Waals surface area contributed by atoms with Gasteiger partial charge in [0.1, 0.15) is 11.9 Å². The van der Waals surface area contributed by atoms with E-state index in [4.69, 9.17) is 13.9 Å². The van der Waals surface area contributed by atoms with Crippen LogP contribution in [0.1, 0.15) is 69.6 Å². The van der Waals surface area contributed by atoms with Gasteiger partial charge in [0.25, 0.3) is 0 Å². The first-order chi connectivity index (χ1) is 19.8. The van der Waals surface area contributed by atoms with Crippen molar-refractivity contribution in [3.05, 3.63) is 47.4 Å². The minimum Gasteiger partial charge on any atom is -0.504 e. The SMILES string of the molecule is CC(=O)Oc1cc(O)c2c3c1C[C@@H]1[C@@H]4CC[C@H](N(CC(C)C)C(=O)/C=C/c5ccoc5)[C@H](O2)[C@]34CCN1CC1CC1. The smallest absolute Gasteiger partial charge is 0.308 e. The fourth-order valence-corrected chi connectivity index (χ4v) is 8.49. The van der Waals surface area contributed by atoms with Crippen molar-refractivity contribution in [3.8, 4) is 17.2 Å². The minimum absolute atomic E-state index is 0.0155. The Morgan fingerprint density at radius 2 is 2.10 bits per heavy atom. The summed E-state index contributed by atoms with van der Waals surface area (Å²) >= 11 is 0. The van der Waals surface area contributed by atoms with E-state index in [0.29, 0.717) is 30.0 Å². The number of phenolic OH excluding ortho intramolecular Hbond substituents is 1. The molecule has 1 aromatic heterocycles. The maximum Gasteiger partial charge on any atom is 0.308 e. The molecule has 1 aromatic carbocycles. The lowest BCUT2D eigenvalue weighted by Gasteiger charge is -2.60. The van der Waals surface area contributed by atoms with Gasteiger partial charge in [0.15, 0.2) is 11.5 Å². The topological polar surface area (TPSA) is 92.5 Å². The van der Waals surface area contributed by atoms with Crippen LogP contribution in [0.4, 0.5) is 0 Å². The van der Waals surface area contributed by atoms with E-state index < -0.39 is 5.97 Å². The highest BCUT2D eigenvalue weighted by Gasteiger charge is 2.67. The lowest BCUT2D eigenvalue weighted by Crippen LogP contribution is -2.69. The second-order valence-corrected chi connectivity index (χ2v) is 13.2. The van der Waals surface area contributed by atoms with E-state index in [1.807, 2.05) is 11.0 Å². The number of piperidine rings is 1. The molecule has 3 fully saturated rings. The Kier molecular flexibility index (Phi) is 6.45. The Morgan fingerprint density at radius 1 is 1.27 bits per heavy atom. The lowest BCUT2D eigenvalue weighted by molar-refractivity contribution is -0.139. The quantitative estimate of drug-likeness (QED) is 0.278. The van der Waals surface area contributed by atoms with Gasteiger partial charge in [0.2, 0.25) is 5.91 Å². The number of aromatic hydroxyl groups is 1. The largest absolute Gasteiger partial charge is 0.504 e. The van der Waals surface area contributed by atoms with Crippen LogP contribution in [-0.4, -0.2) is 64.6 Å². The summed E-state index contributed by atoms with van der Waals surface area (Å²) in [6, 6.07) is 3.58. The molecular formula is C33H40N2O6. The van der Waals surface area contributed by atoms with Crippen molar-refractivity contribution in [1.82, 2.24) is 9.80 Å². The summed E-state index contributed by atoms with van der Waals surface area (Å²) in [7, 11) is 0. The molecule has 5 aliphatic rings. The van der Waals surface area contributed by atoms with E-state index in [2.05, 4.69) is 18.7 Å². The van der Waals surface area contributed by atoms with E-state index in [0.717, 1.165) is 61.4 Å². The molecule has 7 rings (SSSR count). The number of amides is 1. The second kappa shape index (κ2) is 9.93. The molecule has 2 aromatic rings. The van der Waals surface area contributed by atoms with Gasteiger partial charge in [-0.2, -0.15) is 0 Å². The highest BCUT2D eigenvalue weighted by atomic mass is 16.5. The Bertz CT molecular complexity index is 1380. The van der Waals surface area contributed by atoms with Gasteiger partial charge in [0, 0.05) is 60.3 Å². The molecule has 1 spiro atoms. The summed E-state index contributed by atoms with van der Waals surface area (Å²) in [5.74, 6) is 1.97. The number of hydrogen-bond donors (Lipinski definition) is 1. The molecule has 41 heavy (non-hydrogen) atoms. The number of hydrogen-bond acceptors (Lipinski definition) is 7. The first-order valence-corrected chi connectivity index (χ1v) is 15.3. The zero-order valence-electron chi connectivity index (χ0n) is 24.2. The summed E-state index contributed by atoms with van der Waals surface area (Å²) in [5.41, 5.74) is 2.54. The number of furan rings is 1. The first-order valence-electron chi connectivity index (χ1n) is 15.3. The maximum absolute atomic E-state index is 13.8. The molecule has 0 radical (unpaired) electrons. The Labute approximate surface area is 241 Å². The lowest BCUT2D eigenvalue weighted by atomic mass is 9.50. The van der Waals surface area contributed by atoms with Crippen LogP contribution in [0, 0.1) is 17.8 Å². The van der Waals surface area contributed by atoms with Crippen molar-refractivity contribution in [1.29, 1.82) is 0 Å². The van der Waals surface area contributed by atoms with Crippen LogP contribution >= 0.6 is 0 Å².